The number of hydrogen-bond acceptors (Lipinski definition) is 3. The molecule has 19 heavy (non-hydrogen) atoms. The lowest BCUT2D eigenvalue weighted by Crippen LogP contribution is -2.13. The van der Waals surface area contributed by atoms with Crippen molar-refractivity contribution in [3.8, 4) is 5.88 Å². The first kappa shape index (κ1) is 13.9. The Morgan fingerprint density at radius 1 is 1.26 bits per heavy atom. The van der Waals surface area contributed by atoms with Crippen LogP contribution in [0.5, 0.6) is 5.88 Å². The van der Waals surface area contributed by atoms with E-state index in [9.17, 15) is 0 Å². The van der Waals surface area contributed by atoms with Crippen LogP contribution in [-0.4, -0.2) is 16.9 Å². The van der Waals surface area contributed by atoms with Crippen molar-refractivity contribution in [1.29, 1.82) is 0 Å². The van der Waals surface area contributed by atoms with Crippen LogP contribution in [0.2, 0.25) is 5.02 Å². The number of hydrogen-bond donors (Lipinski definition) is 1. The molecule has 0 saturated heterocycles. The molecule has 0 fully saturated rings. The Morgan fingerprint density at radius 3 is 2.58 bits per heavy atom. The first-order chi connectivity index (χ1) is 9.11. The molecule has 0 aliphatic rings. The van der Waals surface area contributed by atoms with E-state index in [1.807, 2.05) is 38.2 Å². The molecule has 0 radical (unpaired) electrons. The second kappa shape index (κ2) is 6.08. The highest BCUT2D eigenvalue weighted by molar-refractivity contribution is 6.30. The molecule has 0 amide bonds. The number of rotatable bonds is 5. The molecule has 0 spiro atoms. The normalized spacial score (nSPS) is 10.7. The van der Waals surface area contributed by atoms with Crippen molar-refractivity contribution in [2.45, 2.75) is 20.0 Å². The maximum Gasteiger partial charge on any atom is 0.216 e. The summed E-state index contributed by atoms with van der Waals surface area (Å²) in [5.41, 5.74) is 3.28. The summed E-state index contributed by atoms with van der Waals surface area (Å²) in [7, 11) is 3.55. The molecule has 0 aliphatic carbocycles. The van der Waals surface area contributed by atoms with Gasteiger partial charge in [-0.3, -0.25) is 0 Å². The predicted octanol–water partition coefficient (Wildman–Crippen LogP) is 2.68. The molecule has 1 N–H and O–H groups in total. The Labute approximate surface area is 118 Å². The van der Waals surface area contributed by atoms with E-state index in [1.165, 1.54) is 5.56 Å². The first-order valence-electron chi connectivity index (χ1n) is 6.13. The minimum absolute atomic E-state index is 0.728. The number of aryl methyl sites for hydroxylation is 2. The largest absolute Gasteiger partial charge is 0.481 e. The monoisotopic (exact) mass is 279 g/mol. The summed E-state index contributed by atoms with van der Waals surface area (Å²) in [6.07, 6.45) is 0. The zero-order chi connectivity index (χ0) is 13.8. The highest BCUT2D eigenvalue weighted by Crippen LogP contribution is 2.20. The summed E-state index contributed by atoms with van der Waals surface area (Å²) in [5.74, 6) is 0.807. The van der Waals surface area contributed by atoms with Crippen molar-refractivity contribution in [3.63, 3.8) is 0 Å². The van der Waals surface area contributed by atoms with Gasteiger partial charge in [-0.05, 0) is 24.6 Å². The molecule has 102 valence electrons. The highest BCUT2D eigenvalue weighted by Gasteiger charge is 2.12. The van der Waals surface area contributed by atoms with Gasteiger partial charge < -0.3 is 10.1 Å². The highest BCUT2D eigenvalue weighted by atomic mass is 35.5. The number of nitrogens with one attached hydrogen (secondary N) is 1. The second-order valence-electron chi connectivity index (χ2n) is 4.43. The molecule has 1 aromatic carbocycles. The van der Waals surface area contributed by atoms with Crippen LogP contribution in [0.1, 0.15) is 16.8 Å². The SMILES string of the molecule is COc1c(CNCc2ccc(Cl)cc2)c(C)nn1C. The van der Waals surface area contributed by atoms with Crippen LogP contribution in [0.3, 0.4) is 0 Å². The van der Waals surface area contributed by atoms with Crippen molar-refractivity contribution in [2.24, 2.45) is 7.05 Å². The lowest BCUT2D eigenvalue weighted by molar-refractivity contribution is 0.368. The minimum atomic E-state index is 0.728. The molecule has 0 saturated carbocycles. The third-order valence-electron chi connectivity index (χ3n) is 3.03. The second-order valence-corrected chi connectivity index (χ2v) is 4.86. The quantitative estimate of drug-likeness (QED) is 0.915. The molecule has 1 aromatic heterocycles. The molecule has 2 rings (SSSR count). The van der Waals surface area contributed by atoms with E-state index in [2.05, 4.69) is 10.4 Å². The number of ether oxygens (including phenoxy) is 1. The Hall–Kier alpha value is -1.52. The van der Waals surface area contributed by atoms with E-state index in [0.717, 1.165) is 35.2 Å². The fourth-order valence-corrected chi connectivity index (χ4v) is 2.20. The van der Waals surface area contributed by atoms with Crippen LogP contribution in [0.15, 0.2) is 24.3 Å². The Balaban J connectivity index is 1.97. The zero-order valence-electron chi connectivity index (χ0n) is 11.4. The predicted molar refractivity (Wildman–Crippen MR) is 76.5 cm³/mol. The molecule has 0 aliphatic heterocycles. The number of nitrogens with zero attached hydrogens (tertiary/aromatic N) is 2. The van der Waals surface area contributed by atoms with Crippen LogP contribution in [0.4, 0.5) is 0 Å². The molecule has 0 unspecified atom stereocenters. The van der Waals surface area contributed by atoms with Gasteiger partial charge >= 0.3 is 0 Å². The maximum atomic E-state index is 5.86. The topological polar surface area (TPSA) is 39.1 Å². The molecular formula is C14H18ClN3O. The molecule has 1 heterocycles. The molecule has 0 atom stereocenters. The van der Waals surface area contributed by atoms with Crippen LogP contribution < -0.4 is 10.1 Å². The van der Waals surface area contributed by atoms with E-state index in [4.69, 9.17) is 16.3 Å². The van der Waals surface area contributed by atoms with Gasteiger partial charge in [0.1, 0.15) is 0 Å². The van der Waals surface area contributed by atoms with Gasteiger partial charge in [0.2, 0.25) is 5.88 Å². The van der Waals surface area contributed by atoms with Crippen molar-refractivity contribution in [1.82, 2.24) is 15.1 Å². The summed E-state index contributed by atoms with van der Waals surface area (Å²) in [4.78, 5) is 0. The van der Waals surface area contributed by atoms with E-state index in [0.29, 0.717) is 0 Å². The average Bonchev–Trinajstić information content (AvgIpc) is 2.66. The summed E-state index contributed by atoms with van der Waals surface area (Å²) in [5, 5.41) is 8.50. The van der Waals surface area contributed by atoms with Gasteiger partial charge in [-0.1, -0.05) is 23.7 Å². The van der Waals surface area contributed by atoms with Crippen molar-refractivity contribution in [2.75, 3.05) is 7.11 Å². The fourth-order valence-electron chi connectivity index (χ4n) is 2.07. The molecular weight excluding hydrogens is 262 g/mol. The van der Waals surface area contributed by atoms with Gasteiger partial charge in [-0.25, -0.2) is 4.68 Å². The summed E-state index contributed by atoms with van der Waals surface area (Å²) < 4.78 is 7.12. The Kier molecular flexibility index (Phi) is 4.45. The van der Waals surface area contributed by atoms with Gasteiger partial charge in [0.15, 0.2) is 0 Å². The lowest BCUT2D eigenvalue weighted by atomic mass is 10.2. The van der Waals surface area contributed by atoms with Gasteiger partial charge in [-0.2, -0.15) is 5.10 Å². The van der Waals surface area contributed by atoms with Gasteiger partial charge in [0, 0.05) is 25.2 Å². The fraction of sp³-hybridized carbons (Fsp3) is 0.357. The molecule has 2 aromatic rings. The molecule has 4 nitrogen and oxygen atoms in total. The van der Waals surface area contributed by atoms with Gasteiger partial charge in [-0.15, -0.1) is 0 Å². The standard InChI is InChI=1S/C14H18ClN3O/c1-10-13(14(19-3)18(2)17-10)9-16-8-11-4-6-12(15)7-5-11/h4-7,16H,8-9H2,1-3H3. The third kappa shape index (κ3) is 3.28. The minimum Gasteiger partial charge on any atom is -0.481 e. The van der Waals surface area contributed by atoms with E-state index >= 15 is 0 Å². The molecule has 0 bridgehead atoms. The smallest absolute Gasteiger partial charge is 0.216 e. The number of aromatic nitrogens is 2. The average molecular weight is 280 g/mol. The van der Waals surface area contributed by atoms with Crippen LogP contribution in [0.25, 0.3) is 0 Å². The summed E-state index contributed by atoms with van der Waals surface area (Å²) in [6, 6.07) is 7.83. The van der Waals surface area contributed by atoms with Crippen LogP contribution in [0, 0.1) is 6.92 Å². The summed E-state index contributed by atoms with van der Waals surface area (Å²) >= 11 is 5.86. The molecule has 5 heteroatoms. The maximum absolute atomic E-state index is 5.86. The Morgan fingerprint density at radius 2 is 1.95 bits per heavy atom. The zero-order valence-corrected chi connectivity index (χ0v) is 12.2. The Bertz CT molecular complexity index is 549. The number of benzene rings is 1. The van der Waals surface area contributed by atoms with Gasteiger partial charge in [0.25, 0.3) is 0 Å². The van der Waals surface area contributed by atoms with Crippen molar-refractivity contribution >= 4 is 11.6 Å². The number of methoxy groups -OCH3 is 1. The number of halogens is 1. The van der Waals surface area contributed by atoms with E-state index < -0.39 is 0 Å². The summed E-state index contributed by atoms with van der Waals surface area (Å²) in [6.45, 7) is 3.50. The van der Waals surface area contributed by atoms with Crippen LogP contribution >= 0.6 is 11.6 Å². The van der Waals surface area contributed by atoms with Gasteiger partial charge in [0.05, 0.1) is 18.4 Å². The van der Waals surface area contributed by atoms with Crippen molar-refractivity contribution in [3.05, 3.63) is 46.1 Å². The lowest BCUT2D eigenvalue weighted by Gasteiger charge is -2.07. The van der Waals surface area contributed by atoms with E-state index in [-0.39, 0.29) is 0 Å². The van der Waals surface area contributed by atoms with Crippen molar-refractivity contribution < 1.29 is 4.74 Å². The third-order valence-corrected chi connectivity index (χ3v) is 3.28. The van der Waals surface area contributed by atoms with Crippen LogP contribution in [-0.2, 0) is 20.1 Å². The first-order valence-corrected chi connectivity index (χ1v) is 6.51. The van der Waals surface area contributed by atoms with E-state index in [1.54, 1.807) is 11.8 Å².